The minimum absolute atomic E-state index is 0.0204. The summed E-state index contributed by atoms with van der Waals surface area (Å²) in [6.07, 6.45) is 0.770. The van der Waals surface area contributed by atoms with Gasteiger partial charge in [0.2, 0.25) is 0 Å². The van der Waals surface area contributed by atoms with Gasteiger partial charge in [0, 0.05) is 12.1 Å². The van der Waals surface area contributed by atoms with Crippen LogP contribution in [0.4, 0.5) is 0 Å². The Morgan fingerprint density at radius 3 is 2.29 bits per heavy atom. The van der Waals surface area contributed by atoms with Crippen molar-refractivity contribution in [1.82, 2.24) is 4.90 Å². The fraction of sp³-hybridized carbons (Fsp3) is 0.429. The maximum absolute atomic E-state index is 12.2. The molecule has 92 valence electrons. The third-order valence-corrected chi connectivity index (χ3v) is 2.27. The van der Waals surface area contributed by atoms with Gasteiger partial charge in [-0.25, -0.2) is 0 Å². The smallest absolute Gasteiger partial charge is 0.254 e. The molecule has 0 unspecified atom stereocenters. The SMILES string of the molecule is CC(C)(C)CN(CC=O)C(=O)c1ccccc1. The molecule has 17 heavy (non-hydrogen) atoms. The monoisotopic (exact) mass is 233 g/mol. The van der Waals surface area contributed by atoms with Gasteiger partial charge in [-0.05, 0) is 17.5 Å². The molecule has 1 amide bonds. The lowest BCUT2D eigenvalue weighted by atomic mass is 9.95. The summed E-state index contributed by atoms with van der Waals surface area (Å²) in [5, 5.41) is 0. The molecular weight excluding hydrogens is 214 g/mol. The van der Waals surface area contributed by atoms with Gasteiger partial charge in [0.25, 0.3) is 5.91 Å². The van der Waals surface area contributed by atoms with Gasteiger partial charge < -0.3 is 9.69 Å². The van der Waals surface area contributed by atoms with Crippen LogP contribution in [0, 0.1) is 5.41 Å². The van der Waals surface area contributed by atoms with Crippen molar-refractivity contribution in [2.75, 3.05) is 13.1 Å². The molecule has 0 fully saturated rings. The van der Waals surface area contributed by atoms with E-state index in [-0.39, 0.29) is 17.9 Å². The molecule has 0 saturated carbocycles. The summed E-state index contributed by atoms with van der Waals surface area (Å²) >= 11 is 0. The zero-order valence-corrected chi connectivity index (χ0v) is 10.6. The summed E-state index contributed by atoms with van der Waals surface area (Å²) in [7, 11) is 0. The molecule has 0 aliphatic rings. The second kappa shape index (κ2) is 5.62. The van der Waals surface area contributed by atoms with Crippen LogP contribution in [0.15, 0.2) is 30.3 Å². The molecule has 0 radical (unpaired) electrons. The number of benzene rings is 1. The first-order valence-electron chi connectivity index (χ1n) is 5.72. The molecule has 0 N–H and O–H groups in total. The van der Waals surface area contributed by atoms with Crippen LogP contribution < -0.4 is 0 Å². The van der Waals surface area contributed by atoms with Crippen molar-refractivity contribution in [3.63, 3.8) is 0 Å². The highest BCUT2D eigenvalue weighted by Crippen LogP contribution is 2.16. The van der Waals surface area contributed by atoms with Gasteiger partial charge in [0.1, 0.15) is 6.29 Å². The number of rotatable bonds is 4. The normalized spacial score (nSPS) is 11.0. The Kier molecular flexibility index (Phi) is 4.44. The van der Waals surface area contributed by atoms with Crippen LogP contribution in [0.3, 0.4) is 0 Å². The molecule has 0 atom stereocenters. The summed E-state index contributed by atoms with van der Waals surface area (Å²) < 4.78 is 0. The largest absolute Gasteiger partial charge is 0.331 e. The molecule has 0 aliphatic heterocycles. The number of carbonyl (C=O) groups is 2. The lowest BCUT2D eigenvalue weighted by Crippen LogP contribution is -2.38. The number of hydrogen-bond donors (Lipinski definition) is 0. The van der Waals surface area contributed by atoms with E-state index in [2.05, 4.69) is 0 Å². The van der Waals surface area contributed by atoms with Crippen LogP contribution in [-0.4, -0.2) is 30.2 Å². The van der Waals surface area contributed by atoms with Gasteiger partial charge in [-0.15, -0.1) is 0 Å². The number of nitrogens with zero attached hydrogens (tertiary/aromatic N) is 1. The van der Waals surface area contributed by atoms with Crippen LogP contribution in [0.5, 0.6) is 0 Å². The Bertz CT molecular complexity index is 379. The summed E-state index contributed by atoms with van der Waals surface area (Å²) in [5.41, 5.74) is 0.603. The van der Waals surface area contributed by atoms with Gasteiger partial charge in [0.05, 0.1) is 6.54 Å². The second-order valence-corrected chi connectivity index (χ2v) is 5.28. The van der Waals surface area contributed by atoms with E-state index >= 15 is 0 Å². The van der Waals surface area contributed by atoms with Crippen molar-refractivity contribution in [1.29, 1.82) is 0 Å². The number of aldehydes is 1. The van der Waals surface area contributed by atoms with E-state index in [1.165, 1.54) is 0 Å². The standard InChI is InChI=1S/C14H19NO2/c1-14(2,3)11-15(9-10-16)13(17)12-7-5-4-6-8-12/h4-8,10H,9,11H2,1-3H3. The first-order valence-corrected chi connectivity index (χ1v) is 5.72. The minimum atomic E-state index is -0.0902. The number of hydrogen-bond acceptors (Lipinski definition) is 2. The van der Waals surface area contributed by atoms with E-state index in [1.807, 2.05) is 39.0 Å². The molecule has 1 aromatic carbocycles. The van der Waals surface area contributed by atoms with Gasteiger partial charge in [0.15, 0.2) is 0 Å². The fourth-order valence-corrected chi connectivity index (χ4v) is 1.65. The van der Waals surface area contributed by atoms with Crippen molar-refractivity contribution in [2.24, 2.45) is 5.41 Å². The van der Waals surface area contributed by atoms with Crippen LogP contribution in [0.1, 0.15) is 31.1 Å². The number of amides is 1. The molecule has 0 spiro atoms. The topological polar surface area (TPSA) is 37.4 Å². The number of carbonyl (C=O) groups excluding carboxylic acids is 2. The Morgan fingerprint density at radius 1 is 1.24 bits per heavy atom. The van der Waals surface area contributed by atoms with E-state index in [4.69, 9.17) is 0 Å². The highest BCUT2D eigenvalue weighted by Gasteiger charge is 2.21. The molecule has 1 aromatic rings. The molecule has 0 saturated heterocycles. The molecule has 0 aliphatic carbocycles. The molecule has 3 nitrogen and oxygen atoms in total. The van der Waals surface area contributed by atoms with Crippen LogP contribution >= 0.6 is 0 Å². The van der Waals surface area contributed by atoms with Crippen molar-refractivity contribution in [2.45, 2.75) is 20.8 Å². The minimum Gasteiger partial charge on any atom is -0.331 e. The van der Waals surface area contributed by atoms with E-state index < -0.39 is 0 Å². The Balaban J connectivity index is 2.84. The van der Waals surface area contributed by atoms with E-state index in [9.17, 15) is 9.59 Å². The van der Waals surface area contributed by atoms with Crippen molar-refractivity contribution < 1.29 is 9.59 Å². The molecule has 3 heteroatoms. The highest BCUT2D eigenvalue weighted by atomic mass is 16.2. The Labute approximate surface area is 102 Å². The van der Waals surface area contributed by atoms with Gasteiger partial charge in [-0.1, -0.05) is 39.0 Å². The second-order valence-electron chi connectivity index (χ2n) is 5.28. The van der Waals surface area contributed by atoms with E-state index in [0.717, 1.165) is 6.29 Å². The lowest BCUT2D eigenvalue weighted by molar-refractivity contribution is -0.108. The summed E-state index contributed by atoms with van der Waals surface area (Å²) in [6, 6.07) is 9.04. The maximum atomic E-state index is 12.2. The van der Waals surface area contributed by atoms with Crippen LogP contribution in [-0.2, 0) is 4.79 Å². The van der Waals surface area contributed by atoms with Gasteiger partial charge in [-0.3, -0.25) is 4.79 Å². The molecule has 0 heterocycles. The van der Waals surface area contributed by atoms with Crippen LogP contribution in [0.25, 0.3) is 0 Å². The quantitative estimate of drug-likeness (QED) is 0.749. The third kappa shape index (κ3) is 4.39. The van der Waals surface area contributed by atoms with Crippen molar-refractivity contribution >= 4 is 12.2 Å². The predicted octanol–water partition coefficient (Wildman–Crippen LogP) is 2.37. The average Bonchev–Trinajstić information content (AvgIpc) is 2.27. The van der Waals surface area contributed by atoms with Crippen LogP contribution in [0.2, 0.25) is 0 Å². The Morgan fingerprint density at radius 2 is 1.82 bits per heavy atom. The van der Waals surface area contributed by atoms with Gasteiger partial charge in [-0.2, -0.15) is 0 Å². The molecule has 0 bridgehead atoms. The lowest BCUT2D eigenvalue weighted by Gasteiger charge is -2.28. The van der Waals surface area contributed by atoms with Gasteiger partial charge >= 0.3 is 0 Å². The summed E-state index contributed by atoms with van der Waals surface area (Å²) in [5.74, 6) is -0.0902. The first kappa shape index (κ1) is 13.4. The third-order valence-electron chi connectivity index (χ3n) is 2.27. The molecular formula is C14H19NO2. The first-order chi connectivity index (χ1) is 7.94. The van der Waals surface area contributed by atoms with E-state index in [0.29, 0.717) is 12.1 Å². The highest BCUT2D eigenvalue weighted by molar-refractivity contribution is 5.95. The maximum Gasteiger partial charge on any atom is 0.254 e. The zero-order chi connectivity index (χ0) is 12.9. The molecule has 0 aromatic heterocycles. The predicted molar refractivity (Wildman–Crippen MR) is 67.9 cm³/mol. The fourth-order valence-electron chi connectivity index (χ4n) is 1.65. The summed E-state index contributed by atoms with van der Waals surface area (Å²) in [4.78, 5) is 24.4. The Hall–Kier alpha value is -1.64. The van der Waals surface area contributed by atoms with Crippen molar-refractivity contribution in [3.8, 4) is 0 Å². The average molecular weight is 233 g/mol. The van der Waals surface area contributed by atoms with Crippen molar-refractivity contribution in [3.05, 3.63) is 35.9 Å². The zero-order valence-electron chi connectivity index (χ0n) is 10.6. The van der Waals surface area contributed by atoms with E-state index in [1.54, 1.807) is 17.0 Å². The summed E-state index contributed by atoms with van der Waals surface area (Å²) in [6.45, 7) is 6.85. The molecule has 1 rings (SSSR count).